The third-order valence-electron chi connectivity index (χ3n) is 2.42. The second kappa shape index (κ2) is 4.45. The van der Waals surface area contributed by atoms with Crippen LogP contribution in [0.2, 0.25) is 0 Å². The molecule has 19 heavy (non-hydrogen) atoms. The van der Waals surface area contributed by atoms with Gasteiger partial charge in [-0.15, -0.1) is 0 Å². The minimum absolute atomic E-state index is 0.0555. The fourth-order valence-corrected chi connectivity index (χ4v) is 1.54. The molecule has 0 fully saturated rings. The SMILES string of the molecule is Nc1ccc(-c2nc(-c3ncccn3)no2)c(F)c1. The number of nitrogens with zero attached hydrogens (tertiary/aromatic N) is 4. The maximum absolute atomic E-state index is 13.7. The molecule has 0 spiro atoms. The van der Waals surface area contributed by atoms with Gasteiger partial charge in [-0.3, -0.25) is 0 Å². The third-order valence-corrected chi connectivity index (χ3v) is 2.42. The fraction of sp³-hybridized carbons (Fsp3) is 0. The van der Waals surface area contributed by atoms with Crippen LogP contribution in [-0.2, 0) is 0 Å². The Morgan fingerprint density at radius 2 is 1.89 bits per heavy atom. The number of aromatic nitrogens is 4. The van der Waals surface area contributed by atoms with Gasteiger partial charge >= 0.3 is 0 Å². The van der Waals surface area contributed by atoms with Gasteiger partial charge in [0, 0.05) is 18.1 Å². The predicted octanol–water partition coefficient (Wildman–Crippen LogP) is 1.91. The molecule has 0 unspecified atom stereocenters. The molecule has 0 saturated heterocycles. The number of anilines is 1. The summed E-state index contributed by atoms with van der Waals surface area (Å²) in [5, 5.41) is 3.72. The van der Waals surface area contributed by atoms with E-state index < -0.39 is 5.82 Å². The zero-order chi connectivity index (χ0) is 13.2. The van der Waals surface area contributed by atoms with E-state index in [9.17, 15) is 4.39 Å². The summed E-state index contributed by atoms with van der Waals surface area (Å²) in [6, 6.07) is 5.90. The van der Waals surface area contributed by atoms with E-state index in [0.717, 1.165) is 0 Å². The number of nitrogens with two attached hydrogens (primary N) is 1. The third kappa shape index (κ3) is 2.13. The lowest BCUT2D eigenvalue weighted by Crippen LogP contribution is -1.90. The minimum Gasteiger partial charge on any atom is -0.399 e. The maximum atomic E-state index is 13.7. The number of rotatable bonds is 2. The van der Waals surface area contributed by atoms with E-state index in [1.807, 2.05) is 0 Å². The normalized spacial score (nSPS) is 10.6. The van der Waals surface area contributed by atoms with Crippen LogP contribution in [0.15, 0.2) is 41.2 Å². The molecular weight excluding hydrogens is 249 g/mol. The molecule has 0 bridgehead atoms. The van der Waals surface area contributed by atoms with Crippen LogP contribution >= 0.6 is 0 Å². The summed E-state index contributed by atoms with van der Waals surface area (Å²) < 4.78 is 18.7. The highest BCUT2D eigenvalue weighted by atomic mass is 19.1. The Labute approximate surface area is 107 Å². The van der Waals surface area contributed by atoms with E-state index in [-0.39, 0.29) is 17.3 Å². The van der Waals surface area contributed by atoms with Crippen molar-refractivity contribution < 1.29 is 8.91 Å². The van der Waals surface area contributed by atoms with Crippen molar-refractivity contribution in [3.63, 3.8) is 0 Å². The van der Waals surface area contributed by atoms with Crippen LogP contribution in [-0.4, -0.2) is 20.1 Å². The summed E-state index contributed by atoms with van der Waals surface area (Å²) in [5.74, 6) is 0.0457. The number of hydrogen-bond donors (Lipinski definition) is 1. The van der Waals surface area contributed by atoms with Crippen molar-refractivity contribution in [1.82, 2.24) is 20.1 Å². The Morgan fingerprint density at radius 1 is 1.11 bits per heavy atom. The lowest BCUT2D eigenvalue weighted by Gasteiger charge is -1.97. The Kier molecular flexibility index (Phi) is 2.64. The molecule has 6 nitrogen and oxygen atoms in total. The lowest BCUT2D eigenvalue weighted by atomic mass is 10.2. The fourth-order valence-electron chi connectivity index (χ4n) is 1.54. The summed E-state index contributed by atoms with van der Waals surface area (Å²) in [4.78, 5) is 12.0. The summed E-state index contributed by atoms with van der Waals surface area (Å²) >= 11 is 0. The molecule has 1 aromatic carbocycles. The summed E-state index contributed by atoms with van der Waals surface area (Å²) in [6.07, 6.45) is 3.12. The van der Waals surface area contributed by atoms with Gasteiger partial charge in [-0.25, -0.2) is 14.4 Å². The molecule has 0 amide bonds. The van der Waals surface area contributed by atoms with Crippen molar-refractivity contribution in [2.75, 3.05) is 5.73 Å². The first kappa shape index (κ1) is 11.3. The quantitative estimate of drug-likeness (QED) is 0.705. The molecule has 94 valence electrons. The first-order chi connectivity index (χ1) is 9.24. The topological polar surface area (TPSA) is 90.7 Å². The van der Waals surface area contributed by atoms with E-state index >= 15 is 0 Å². The maximum Gasteiger partial charge on any atom is 0.261 e. The van der Waals surface area contributed by atoms with Gasteiger partial charge in [0.25, 0.3) is 5.89 Å². The van der Waals surface area contributed by atoms with Gasteiger partial charge in [-0.1, -0.05) is 5.16 Å². The zero-order valence-corrected chi connectivity index (χ0v) is 9.62. The van der Waals surface area contributed by atoms with E-state index in [1.165, 1.54) is 12.1 Å². The van der Waals surface area contributed by atoms with Crippen LogP contribution in [0, 0.1) is 5.82 Å². The van der Waals surface area contributed by atoms with E-state index in [1.54, 1.807) is 24.5 Å². The number of hydrogen-bond acceptors (Lipinski definition) is 6. The highest BCUT2D eigenvalue weighted by Gasteiger charge is 2.15. The lowest BCUT2D eigenvalue weighted by molar-refractivity contribution is 0.429. The number of halogens is 1. The average Bonchev–Trinajstić information content (AvgIpc) is 2.89. The van der Waals surface area contributed by atoms with Crippen LogP contribution < -0.4 is 5.73 Å². The van der Waals surface area contributed by atoms with Gasteiger partial charge in [0.05, 0.1) is 5.56 Å². The molecule has 3 rings (SSSR count). The Bertz CT molecular complexity index is 713. The van der Waals surface area contributed by atoms with Crippen molar-refractivity contribution in [3.05, 3.63) is 42.5 Å². The summed E-state index contributed by atoms with van der Waals surface area (Å²) in [5.41, 5.74) is 5.99. The molecular formula is C12H8FN5O. The highest BCUT2D eigenvalue weighted by Crippen LogP contribution is 2.24. The Hall–Kier alpha value is -2.83. The van der Waals surface area contributed by atoms with Gasteiger partial charge in [-0.2, -0.15) is 4.98 Å². The van der Waals surface area contributed by atoms with Crippen LogP contribution in [0.4, 0.5) is 10.1 Å². The molecule has 3 aromatic rings. The van der Waals surface area contributed by atoms with Gasteiger partial charge in [-0.05, 0) is 24.3 Å². The minimum atomic E-state index is -0.524. The van der Waals surface area contributed by atoms with Crippen molar-refractivity contribution >= 4 is 5.69 Å². The second-order valence-electron chi connectivity index (χ2n) is 3.73. The molecule has 0 radical (unpaired) electrons. The van der Waals surface area contributed by atoms with Crippen molar-refractivity contribution in [2.24, 2.45) is 0 Å². The van der Waals surface area contributed by atoms with Gasteiger partial charge < -0.3 is 10.3 Å². The van der Waals surface area contributed by atoms with Crippen molar-refractivity contribution in [3.8, 4) is 23.1 Å². The van der Waals surface area contributed by atoms with Crippen LogP contribution in [0.5, 0.6) is 0 Å². The molecule has 2 N–H and O–H groups in total. The molecule has 2 heterocycles. The molecule has 2 aromatic heterocycles. The molecule has 0 aliphatic heterocycles. The molecule has 0 saturated carbocycles. The van der Waals surface area contributed by atoms with E-state index in [4.69, 9.17) is 10.3 Å². The first-order valence-corrected chi connectivity index (χ1v) is 5.40. The highest BCUT2D eigenvalue weighted by molar-refractivity contribution is 5.59. The first-order valence-electron chi connectivity index (χ1n) is 5.40. The van der Waals surface area contributed by atoms with Crippen LogP contribution in [0.25, 0.3) is 23.1 Å². The van der Waals surface area contributed by atoms with E-state index in [0.29, 0.717) is 11.5 Å². The number of nitrogen functional groups attached to an aromatic ring is 1. The number of benzene rings is 1. The molecule has 0 aliphatic rings. The molecule has 0 atom stereocenters. The average molecular weight is 257 g/mol. The predicted molar refractivity (Wildman–Crippen MR) is 65.1 cm³/mol. The zero-order valence-electron chi connectivity index (χ0n) is 9.62. The second-order valence-corrected chi connectivity index (χ2v) is 3.73. The molecule has 7 heteroatoms. The van der Waals surface area contributed by atoms with Gasteiger partial charge in [0.2, 0.25) is 11.6 Å². The van der Waals surface area contributed by atoms with Crippen molar-refractivity contribution in [1.29, 1.82) is 0 Å². The van der Waals surface area contributed by atoms with Crippen LogP contribution in [0.3, 0.4) is 0 Å². The van der Waals surface area contributed by atoms with Crippen LogP contribution in [0.1, 0.15) is 0 Å². The smallest absolute Gasteiger partial charge is 0.261 e. The standard InChI is InChI=1S/C12H8FN5O/c13-9-6-7(14)2-3-8(9)12-17-11(18-19-12)10-15-4-1-5-16-10/h1-6H,14H2. The van der Waals surface area contributed by atoms with Gasteiger partial charge in [0.1, 0.15) is 5.82 Å². The Morgan fingerprint density at radius 3 is 2.63 bits per heavy atom. The summed E-state index contributed by atoms with van der Waals surface area (Å²) in [7, 11) is 0. The van der Waals surface area contributed by atoms with Gasteiger partial charge in [0.15, 0.2) is 0 Å². The van der Waals surface area contributed by atoms with E-state index in [2.05, 4.69) is 20.1 Å². The summed E-state index contributed by atoms with van der Waals surface area (Å²) in [6.45, 7) is 0. The molecule has 0 aliphatic carbocycles. The van der Waals surface area contributed by atoms with Crippen molar-refractivity contribution in [2.45, 2.75) is 0 Å². The Balaban J connectivity index is 2.02. The largest absolute Gasteiger partial charge is 0.399 e. The monoisotopic (exact) mass is 257 g/mol.